The Hall–Kier alpha value is -0.640. The van der Waals surface area contributed by atoms with Crippen molar-refractivity contribution in [3.8, 4) is 0 Å². The number of nitrogens with one attached hydrogen (secondary N) is 1. The first-order chi connectivity index (χ1) is 9.87. The standard InChI is InChI=1S/C12H14BrN3O2S3/c1-8(2)7-19-12-15-14-11(20-12)16-21(17,18)10-5-3-9(13)4-6-10/h3-6,8H,7H2,1-2H3,(H,14,16). The topological polar surface area (TPSA) is 72.0 Å². The number of nitrogens with zero attached hydrogens (tertiary/aromatic N) is 2. The van der Waals surface area contributed by atoms with Crippen LogP contribution in [0, 0.1) is 5.92 Å². The van der Waals surface area contributed by atoms with Crippen LogP contribution in [-0.4, -0.2) is 24.4 Å². The summed E-state index contributed by atoms with van der Waals surface area (Å²) < 4.78 is 28.4. The van der Waals surface area contributed by atoms with Crippen LogP contribution in [0.25, 0.3) is 0 Å². The summed E-state index contributed by atoms with van der Waals surface area (Å²) in [7, 11) is -3.62. The van der Waals surface area contributed by atoms with Gasteiger partial charge in [-0.15, -0.1) is 10.2 Å². The van der Waals surface area contributed by atoms with E-state index in [1.54, 1.807) is 23.9 Å². The second kappa shape index (κ2) is 7.08. The minimum atomic E-state index is -3.62. The van der Waals surface area contributed by atoms with E-state index in [0.29, 0.717) is 5.92 Å². The minimum absolute atomic E-state index is 0.192. The second-order valence-electron chi connectivity index (χ2n) is 4.64. The molecule has 0 amide bonds. The number of aromatic nitrogens is 2. The highest BCUT2D eigenvalue weighted by atomic mass is 79.9. The number of anilines is 1. The molecule has 0 radical (unpaired) electrons. The van der Waals surface area contributed by atoms with Crippen molar-refractivity contribution >= 4 is 54.2 Å². The molecule has 2 aromatic rings. The smallest absolute Gasteiger partial charge is 0.253 e. The Bertz CT molecular complexity index is 699. The van der Waals surface area contributed by atoms with Crippen molar-refractivity contribution in [3.05, 3.63) is 28.7 Å². The molecule has 1 heterocycles. The summed E-state index contributed by atoms with van der Waals surface area (Å²) in [6.07, 6.45) is 0. The highest BCUT2D eigenvalue weighted by molar-refractivity contribution is 9.10. The molecule has 114 valence electrons. The SMILES string of the molecule is CC(C)CSc1nnc(NS(=O)(=O)c2ccc(Br)cc2)s1. The van der Waals surface area contributed by atoms with Gasteiger partial charge in [-0.3, -0.25) is 4.72 Å². The van der Waals surface area contributed by atoms with E-state index in [2.05, 4.69) is 44.7 Å². The van der Waals surface area contributed by atoms with Crippen LogP contribution in [0.15, 0.2) is 38.0 Å². The maximum atomic E-state index is 12.2. The van der Waals surface area contributed by atoms with Crippen molar-refractivity contribution in [3.63, 3.8) is 0 Å². The lowest BCUT2D eigenvalue weighted by Gasteiger charge is -2.04. The summed E-state index contributed by atoms with van der Waals surface area (Å²) in [6, 6.07) is 6.42. The van der Waals surface area contributed by atoms with Crippen LogP contribution in [-0.2, 0) is 10.0 Å². The number of rotatable bonds is 6. The molecule has 0 aliphatic carbocycles. The van der Waals surface area contributed by atoms with Gasteiger partial charge in [0.25, 0.3) is 10.0 Å². The maximum absolute atomic E-state index is 12.2. The van der Waals surface area contributed by atoms with Crippen LogP contribution in [0.2, 0.25) is 0 Å². The van der Waals surface area contributed by atoms with E-state index in [4.69, 9.17) is 0 Å². The van der Waals surface area contributed by atoms with E-state index in [9.17, 15) is 8.42 Å². The first kappa shape index (κ1) is 16.7. The molecule has 1 aromatic heterocycles. The average molecular weight is 408 g/mol. The molecule has 0 spiro atoms. The van der Waals surface area contributed by atoms with Crippen molar-refractivity contribution in [2.45, 2.75) is 23.1 Å². The van der Waals surface area contributed by atoms with Crippen molar-refractivity contribution in [2.75, 3.05) is 10.5 Å². The van der Waals surface area contributed by atoms with Crippen LogP contribution in [0.3, 0.4) is 0 Å². The fourth-order valence-corrected chi connectivity index (χ4v) is 4.56. The van der Waals surface area contributed by atoms with Gasteiger partial charge in [-0.1, -0.05) is 52.9 Å². The van der Waals surface area contributed by atoms with Gasteiger partial charge < -0.3 is 0 Å². The summed E-state index contributed by atoms with van der Waals surface area (Å²) in [5.74, 6) is 1.47. The van der Waals surface area contributed by atoms with Crippen molar-refractivity contribution in [1.29, 1.82) is 0 Å². The predicted molar refractivity (Wildman–Crippen MR) is 90.4 cm³/mol. The zero-order valence-electron chi connectivity index (χ0n) is 11.4. The van der Waals surface area contributed by atoms with Crippen molar-refractivity contribution in [2.24, 2.45) is 5.92 Å². The zero-order chi connectivity index (χ0) is 15.5. The monoisotopic (exact) mass is 407 g/mol. The van der Waals surface area contributed by atoms with E-state index < -0.39 is 10.0 Å². The van der Waals surface area contributed by atoms with Gasteiger partial charge in [0, 0.05) is 10.2 Å². The number of hydrogen-bond acceptors (Lipinski definition) is 6. The number of hydrogen-bond donors (Lipinski definition) is 1. The van der Waals surface area contributed by atoms with Gasteiger partial charge in [0.05, 0.1) is 4.90 Å². The number of sulfonamides is 1. The molecule has 0 saturated carbocycles. The molecule has 9 heteroatoms. The Kier molecular flexibility index (Phi) is 5.64. The van der Waals surface area contributed by atoms with Gasteiger partial charge in [0.15, 0.2) is 4.34 Å². The van der Waals surface area contributed by atoms with Gasteiger partial charge in [-0.05, 0) is 30.2 Å². The Morgan fingerprint density at radius 3 is 2.57 bits per heavy atom. The molecule has 0 fully saturated rings. The fraction of sp³-hybridized carbons (Fsp3) is 0.333. The summed E-state index contributed by atoms with van der Waals surface area (Å²) in [4.78, 5) is 0.192. The average Bonchev–Trinajstić information content (AvgIpc) is 2.84. The molecule has 0 unspecified atom stereocenters. The van der Waals surface area contributed by atoms with Gasteiger partial charge in [-0.2, -0.15) is 0 Å². The van der Waals surface area contributed by atoms with E-state index in [-0.39, 0.29) is 10.0 Å². The third-order valence-electron chi connectivity index (χ3n) is 2.29. The normalized spacial score (nSPS) is 11.8. The first-order valence-corrected chi connectivity index (χ1v) is 10.2. The first-order valence-electron chi connectivity index (χ1n) is 6.11. The molecule has 0 bridgehead atoms. The molecular formula is C12H14BrN3O2S3. The van der Waals surface area contributed by atoms with Crippen LogP contribution in [0.5, 0.6) is 0 Å². The third-order valence-corrected chi connectivity index (χ3v) is 6.70. The Morgan fingerprint density at radius 2 is 1.95 bits per heavy atom. The van der Waals surface area contributed by atoms with Gasteiger partial charge in [0.1, 0.15) is 0 Å². The minimum Gasteiger partial charge on any atom is -0.253 e. The van der Waals surface area contributed by atoms with Gasteiger partial charge in [0.2, 0.25) is 5.13 Å². The van der Waals surface area contributed by atoms with Crippen molar-refractivity contribution in [1.82, 2.24) is 10.2 Å². The molecule has 5 nitrogen and oxygen atoms in total. The third kappa shape index (κ3) is 4.94. The Morgan fingerprint density at radius 1 is 1.29 bits per heavy atom. The summed E-state index contributed by atoms with van der Waals surface area (Å²) in [6.45, 7) is 4.23. The molecular weight excluding hydrogens is 394 g/mol. The van der Waals surface area contributed by atoms with E-state index in [1.807, 2.05) is 0 Å². The molecule has 21 heavy (non-hydrogen) atoms. The van der Waals surface area contributed by atoms with Crippen molar-refractivity contribution < 1.29 is 8.42 Å². The van der Waals surface area contributed by atoms with Gasteiger partial charge >= 0.3 is 0 Å². The van der Waals surface area contributed by atoms with Gasteiger partial charge in [-0.25, -0.2) is 8.42 Å². The number of halogens is 1. The maximum Gasteiger partial charge on any atom is 0.263 e. The van der Waals surface area contributed by atoms with E-state index >= 15 is 0 Å². The highest BCUT2D eigenvalue weighted by Gasteiger charge is 2.17. The predicted octanol–water partition coefficient (Wildman–Crippen LogP) is 3.85. The largest absolute Gasteiger partial charge is 0.263 e. The molecule has 1 N–H and O–H groups in total. The van der Waals surface area contributed by atoms with E-state index in [1.165, 1.54) is 23.5 Å². The molecule has 1 aromatic carbocycles. The highest BCUT2D eigenvalue weighted by Crippen LogP contribution is 2.28. The Balaban J connectivity index is 2.08. The molecule has 2 rings (SSSR count). The lowest BCUT2D eigenvalue weighted by Crippen LogP contribution is -2.12. The lowest BCUT2D eigenvalue weighted by molar-refractivity contribution is 0.601. The van der Waals surface area contributed by atoms with Crippen LogP contribution in [0.1, 0.15) is 13.8 Å². The molecule has 0 atom stereocenters. The van der Waals surface area contributed by atoms with E-state index in [0.717, 1.165) is 14.6 Å². The molecule has 0 aliphatic heterocycles. The molecule has 0 aliphatic rings. The van der Waals surface area contributed by atoms with Crippen LogP contribution < -0.4 is 4.72 Å². The fourth-order valence-electron chi connectivity index (χ4n) is 1.33. The Labute approximate surface area is 140 Å². The summed E-state index contributed by atoms with van der Waals surface area (Å²) in [5.41, 5.74) is 0. The summed E-state index contributed by atoms with van der Waals surface area (Å²) >= 11 is 6.09. The lowest BCUT2D eigenvalue weighted by atomic mass is 10.3. The van der Waals surface area contributed by atoms with Crippen LogP contribution >= 0.6 is 39.0 Å². The zero-order valence-corrected chi connectivity index (χ0v) is 15.4. The molecule has 0 saturated heterocycles. The quantitative estimate of drug-likeness (QED) is 0.736. The second-order valence-corrected chi connectivity index (χ2v) is 9.48. The van der Waals surface area contributed by atoms with Crippen LogP contribution in [0.4, 0.5) is 5.13 Å². The summed E-state index contributed by atoms with van der Waals surface area (Å²) in [5, 5.41) is 8.13. The number of thioether (sulfide) groups is 1. The number of benzene rings is 1.